The Morgan fingerprint density at radius 1 is 1.39 bits per heavy atom. The highest BCUT2D eigenvalue weighted by Gasteiger charge is 2.14. The van der Waals surface area contributed by atoms with Gasteiger partial charge in [0.15, 0.2) is 0 Å². The molecule has 0 aliphatic heterocycles. The Balaban J connectivity index is 2.92. The maximum Gasteiger partial charge on any atom is 0.240 e. The molecule has 0 heterocycles. The summed E-state index contributed by atoms with van der Waals surface area (Å²) in [5.74, 6) is 0.0733. The quantitative estimate of drug-likeness (QED) is 0.577. The number of aliphatic hydroxyl groups is 1. The molecule has 0 saturated heterocycles. The number of anilines is 2. The van der Waals surface area contributed by atoms with E-state index in [-0.39, 0.29) is 29.1 Å². The zero-order chi connectivity index (χ0) is 13.9. The molecule has 6 nitrogen and oxygen atoms in total. The monoisotopic (exact) mass is 273 g/mol. The fraction of sp³-hybridized carbons (Fsp3) is 0.455. The van der Waals surface area contributed by atoms with E-state index >= 15 is 0 Å². The average molecular weight is 273 g/mol. The number of rotatable bonds is 5. The molecule has 0 aliphatic rings. The maximum absolute atomic E-state index is 11.2. The van der Waals surface area contributed by atoms with Crippen LogP contribution in [0, 0.1) is 5.92 Å². The number of nitrogens with one attached hydrogen (secondary N) is 1. The van der Waals surface area contributed by atoms with Crippen LogP contribution < -0.4 is 16.2 Å². The van der Waals surface area contributed by atoms with E-state index in [1.165, 1.54) is 12.1 Å². The highest BCUT2D eigenvalue weighted by molar-refractivity contribution is 7.89. The summed E-state index contributed by atoms with van der Waals surface area (Å²) >= 11 is 0. The molecule has 0 bridgehead atoms. The third kappa shape index (κ3) is 3.59. The van der Waals surface area contributed by atoms with Crippen LogP contribution in [0.2, 0.25) is 0 Å². The molecule has 2 unspecified atom stereocenters. The van der Waals surface area contributed by atoms with Crippen molar-refractivity contribution in [1.82, 2.24) is 0 Å². The van der Waals surface area contributed by atoms with Crippen molar-refractivity contribution in [3.05, 3.63) is 18.2 Å². The highest BCUT2D eigenvalue weighted by Crippen LogP contribution is 2.22. The van der Waals surface area contributed by atoms with Crippen LogP contribution in [0.1, 0.15) is 13.8 Å². The van der Waals surface area contributed by atoms with Crippen LogP contribution in [0.5, 0.6) is 0 Å². The van der Waals surface area contributed by atoms with Gasteiger partial charge in [0, 0.05) is 18.3 Å². The number of benzene rings is 1. The molecule has 2 atom stereocenters. The first-order valence-corrected chi connectivity index (χ1v) is 7.10. The fourth-order valence-corrected chi connectivity index (χ4v) is 2.11. The lowest BCUT2D eigenvalue weighted by molar-refractivity contribution is 0.226. The Morgan fingerprint density at radius 3 is 2.44 bits per heavy atom. The molecule has 1 aromatic carbocycles. The molecular formula is C11H19N3O3S. The number of hydrogen-bond acceptors (Lipinski definition) is 5. The molecule has 0 spiro atoms. The first-order valence-electron chi connectivity index (χ1n) is 5.55. The highest BCUT2D eigenvalue weighted by atomic mass is 32.2. The van der Waals surface area contributed by atoms with E-state index in [2.05, 4.69) is 5.32 Å². The third-order valence-corrected chi connectivity index (χ3v) is 3.84. The largest absolute Gasteiger partial charge is 0.398 e. The first kappa shape index (κ1) is 14.7. The van der Waals surface area contributed by atoms with Gasteiger partial charge in [0.1, 0.15) is 4.90 Å². The summed E-state index contributed by atoms with van der Waals surface area (Å²) in [7, 11) is -3.79. The first-order chi connectivity index (χ1) is 8.25. The summed E-state index contributed by atoms with van der Waals surface area (Å²) in [5.41, 5.74) is 6.43. The van der Waals surface area contributed by atoms with E-state index in [0.29, 0.717) is 5.69 Å². The van der Waals surface area contributed by atoms with Crippen molar-refractivity contribution in [3.63, 3.8) is 0 Å². The second-order valence-corrected chi connectivity index (χ2v) is 5.92. The van der Waals surface area contributed by atoms with Crippen LogP contribution in [-0.4, -0.2) is 26.2 Å². The molecule has 0 radical (unpaired) electrons. The van der Waals surface area contributed by atoms with Crippen molar-refractivity contribution in [2.45, 2.75) is 24.8 Å². The van der Waals surface area contributed by atoms with Crippen molar-refractivity contribution in [3.8, 4) is 0 Å². The lowest BCUT2D eigenvalue weighted by Gasteiger charge is -2.21. The van der Waals surface area contributed by atoms with Gasteiger partial charge >= 0.3 is 0 Å². The minimum Gasteiger partial charge on any atom is -0.398 e. The Kier molecular flexibility index (Phi) is 4.55. The summed E-state index contributed by atoms with van der Waals surface area (Å²) in [4.78, 5) is -0.0871. The van der Waals surface area contributed by atoms with Crippen molar-refractivity contribution < 1.29 is 13.5 Å². The number of hydrogen-bond donors (Lipinski definition) is 4. The predicted molar refractivity (Wildman–Crippen MR) is 71.6 cm³/mol. The standard InChI is InChI=1S/C11H19N3O3S/c1-7(6-15)8(2)14-9-3-4-11(10(12)5-9)18(13,16)17/h3-5,7-8,14-15H,6,12H2,1-2H3,(H2,13,16,17). The van der Waals surface area contributed by atoms with Gasteiger partial charge < -0.3 is 16.2 Å². The fourth-order valence-electron chi connectivity index (χ4n) is 1.46. The van der Waals surface area contributed by atoms with Gasteiger partial charge in [-0.3, -0.25) is 0 Å². The van der Waals surface area contributed by atoms with Crippen molar-refractivity contribution in [1.29, 1.82) is 0 Å². The van der Waals surface area contributed by atoms with Gasteiger partial charge in [-0.1, -0.05) is 6.92 Å². The zero-order valence-corrected chi connectivity index (χ0v) is 11.2. The smallest absolute Gasteiger partial charge is 0.240 e. The van der Waals surface area contributed by atoms with E-state index < -0.39 is 10.0 Å². The number of primary sulfonamides is 1. The molecule has 6 N–H and O–H groups in total. The molecule has 0 aromatic heterocycles. The van der Waals surface area contributed by atoms with Crippen LogP contribution in [0.3, 0.4) is 0 Å². The van der Waals surface area contributed by atoms with Crippen LogP contribution in [0.15, 0.2) is 23.1 Å². The van der Waals surface area contributed by atoms with Gasteiger partial charge in [0.25, 0.3) is 0 Å². The predicted octanol–water partition coefficient (Wildman–Crippen LogP) is 0.345. The SMILES string of the molecule is CC(CO)C(C)Nc1ccc(S(N)(=O)=O)c(N)c1. The second-order valence-electron chi connectivity index (χ2n) is 4.39. The van der Waals surface area contributed by atoms with Gasteiger partial charge in [-0.05, 0) is 31.0 Å². The molecule has 0 fully saturated rings. The zero-order valence-electron chi connectivity index (χ0n) is 10.4. The van der Waals surface area contributed by atoms with E-state index in [1.54, 1.807) is 6.07 Å². The number of nitrogen functional groups attached to an aromatic ring is 1. The molecule has 7 heteroatoms. The van der Waals surface area contributed by atoms with Crippen molar-refractivity contribution >= 4 is 21.4 Å². The van der Waals surface area contributed by atoms with Crippen LogP contribution >= 0.6 is 0 Å². The molecule has 0 amide bonds. The topological polar surface area (TPSA) is 118 Å². The lowest BCUT2D eigenvalue weighted by Crippen LogP contribution is -2.26. The molecule has 1 rings (SSSR count). The Bertz CT molecular complexity index is 516. The van der Waals surface area contributed by atoms with Crippen molar-refractivity contribution in [2.24, 2.45) is 11.1 Å². The summed E-state index contributed by atoms with van der Waals surface area (Å²) < 4.78 is 22.4. The van der Waals surface area contributed by atoms with Gasteiger partial charge in [-0.2, -0.15) is 0 Å². The Labute approximate surface area is 107 Å². The van der Waals surface area contributed by atoms with Gasteiger partial charge in [0.05, 0.1) is 5.69 Å². The van der Waals surface area contributed by atoms with E-state index in [4.69, 9.17) is 16.0 Å². The number of sulfonamides is 1. The second kappa shape index (κ2) is 5.55. The summed E-state index contributed by atoms with van der Waals surface area (Å²) in [6.07, 6.45) is 0. The minimum absolute atomic E-state index is 0.0368. The van der Waals surface area contributed by atoms with Gasteiger partial charge in [0.2, 0.25) is 10.0 Å². The average Bonchev–Trinajstić information content (AvgIpc) is 2.26. The normalized spacial score (nSPS) is 15.1. The van der Waals surface area contributed by atoms with E-state index in [0.717, 1.165) is 0 Å². The van der Waals surface area contributed by atoms with E-state index in [9.17, 15) is 8.42 Å². The van der Waals surface area contributed by atoms with Gasteiger partial charge in [-0.25, -0.2) is 13.6 Å². The third-order valence-electron chi connectivity index (χ3n) is 2.85. The number of nitrogens with two attached hydrogens (primary N) is 2. The van der Waals surface area contributed by atoms with Gasteiger partial charge in [-0.15, -0.1) is 0 Å². The summed E-state index contributed by atoms with van der Waals surface area (Å²) in [6, 6.07) is 4.51. The maximum atomic E-state index is 11.2. The molecule has 18 heavy (non-hydrogen) atoms. The van der Waals surface area contributed by atoms with Crippen LogP contribution in [0.25, 0.3) is 0 Å². The Hall–Kier alpha value is -1.31. The minimum atomic E-state index is -3.79. The molecule has 1 aromatic rings. The molecule has 0 aliphatic carbocycles. The molecule has 0 saturated carbocycles. The molecular weight excluding hydrogens is 254 g/mol. The summed E-state index contributed by atoms with van der Waals surface area (Å²) in [5, 5.41) is 17.2. The summed E-state index contributed by atoms with van der Waals surface area (Å²) in [6.45, 7) is 3.89. The van der Waals surface area contributed by atoms with Crippen LogP contribution in [-0.2, 0) is 10.0 Å². The van der Waals surface area contributed by atoms with Crippen LogP contribution in [0.4, 0.5) is 11.4 Å². The van der Waals surface area contributed by atoms with E-state index in [1.807, 2.05) is 13.8 Å². The molecule has 102 valence electrons. The lowest BCUT2D eigenvalue weighted by atomic mass is 10.0. The number of aliphatic hydroxyl groups excluding tert-OH is 1. The van der Waals surface area contributed by atoms with Crippen molar-refractivity contribution in [2.75, 3.05) is 17.7 Å². The Morgan fingerprint density at radius 2 is 2.00 bits per heavy atom.